The third kappa shape index (κ3) is 4.25. The van der Waals surface area contributed by atoms with E-state index in [9.17, 15) is 0 Å². The van der Waals surface area contributed by atoms with Crippen molar-refractivity contribution in [1.29, 1.82) is 0 Å². The highest BCUT2D eigenvalue weighted by Gasteiger charge is 2.52. The van der Waals surface area contributed by atoms with E-state index in [1.165, 1.54) is 63.1 Å². The molecular formula is C17H31Br. The van der Waals surface area contributed by atoms with E-state index in [2.05, 4.69) is 22.9 Å². The van der Waals surface area contributed by atoms with Crippen LogP contribution < -0.4 is 0 Å². The number of fused-ring (bicyclic) bond motifs is 1. The summed E-state index contributed by atoms with van der Waals surface area (Å²) < 4.78 is 0. The minimum Gasteiger partial charge on any atom is -0.0922 e. The van der Waals surface area contributed by atoms with Gasteiger partial charge in [-0.3, -0.25) is 0 Å². The lowest BCUT2D eigenvalue weighted by Crippen LogP contribution is -2.20. The van der Waals surface area contributed by atoms with Crippen LogP contribution in [-0.2, 0) is 0 Å². The average molecular weight is 315 g/mol. The molecule has 0 saturated heterocycles. The minimum absolute atomic E-state index is 0.718. The summed E-state index contributed by atoms with van der Waals surface area (Å²) >= 11 is 3.79. The monoisotopic (exact) mass is 314 g/mol. The zero-order chi connectivity index (χ0) is 12.8. The molecule has 2 saturated carbocycles. The van der Waals surface area contributed by atoms with Crippen molar-refractivity contribution in [3.63, 3.8) is 0 Å². The summed E-state index contributed by atoms with van der Waals surface area (Å²) in [5.41, 5.74) is 0.718. The number of hydrogen-bond donors (Lipinski definition) is 0. The first-order valence-electron chi connectivity index (χ1n) is 8.35. The molecule has 0 aliphatic heterocycles. The van der Waals surface area contributed by atoms with Crippen molar-refractivity contribution in [3.8, 4) is 0 Å². The molecule has 1 heteroatoms. The van der Waals surface area contributed by atoms with E-state index in [-0.39, 0.29) is 0 Å². The van der Waals surface area contributed by atoms with E-state index in [4.69, 9.17) is 0 Å². The van der Waals surface area contributed by atoms with Crippen LogP contribution >= 0.6 is 15.9 Å². The van der Waals surface area contributed by atoms with Gasteiger partial charge in [0.2, 0.25) is 0 Å². The van der Waals surface area contributed by atoms with Gasteiger partial charge in [0.05, 0.1) is 0 Å². The summed E-state index contributed by atoms with van der Waals surface area (Å²) in [6.45, 7) is 2.30. The second-order valence-electron chi connectivity index (χ2n) is 7.02. The maximum absolute atomic E-state index is 3.79. The highest BCUT2D eigenvalue weighted by molar-refractivity contribution is 9.09. The maximum atomic E-state index is 3.79. The molecule has 0 aromatic heterocycles. The molecule has 0 bridgehead atoms. The van der Waals surface area contributed by atoms with E-state index in [1.807, 2.05) is 0 Å². The van der Waals surface area contributed by atoms with Crippen molar-refractivity contribution < 1.29 is 0 Å². The summed E-state index contributed by atoms with van der Waals surface area (Å²) in [4.78, 5) is 0. The van der Waals surface area contributed by atoms with Gasteiger partial charge in [-0.05, 0) is 42.9 Å². The molecule has 2 rings (SSSR count). The SMILES string of the molecule is CCCCCCCCCCC1(CBr)CC2CC2C1. The van der Waals surface area contributed by atoms with Gasteiger partial charge in [-0.1, -0.05) is 74.2 Å². The predicted molar refractivity (Wildman–Crippen MR) is 84.3 cm³/mol. The van der Waals surface area contributed by atoms with E-state index < -0.39 is 0 Å². The molecule has 2 aliphatic rings. The summed E-state index contributed by atoms with van der Waals surface area (Å²) in [6, 6.07) is 0. The van der Waals surface area contributed by atoms with Crippen molar-refractivity contribution in [2.24, 2.45) is 17.3 Å². The predicted octanol–water partition coefficient (Wildman–Crippen LogP) is 6.33. The fourth-order valence-electron chi connectivity index (χ4n) is 4.02. The third-order valence-corrected chi connectivity index (χ3v) is 6.49. The molecule has 0 aromatic rings. The van der Waals surface area contributed by atoms with Gasteiger partial charge in [0.1, 0.15) is 0 Å². The zero-order valence-electron chi connectivity index (χ0n) is 12.2. The first-order chi connectivity index (χ1) is 8.79. The van der Waals surface area contributed by atoms with Crippen molar-refractivity contribution in [2.45, 2.75) is 84.0 Å². The maximum Gasteiger partial charge on any atom is 0.00881 e. The summed E-state index contributed by atoms with van der Waals surface area (Å²) in [7, 11) is 0. The standard InChI is InChI=1S/C17H31Br/c1-2-3-4-5-6-7-8-9-10-17(14-18)12-15-11-16(15)13-17/h15-16H,2-14H2,1H3. The fraction of sp³-hybridized carbons (Fsp3) is 1.00. The van der Waals surface area contributed by atoms with Gasteiger partial charge in [0.25, 0.3) is 0 Å². The molecule has 2 unspecified atom stereocenters. The Balaban J connectivity index is 1.47. The Morgan fingerprint density at radius 3 is 2.00 bits per heavy atom. The lowest BCUT2D eigenvalue weighted by molar-refractivity contribution is 0.273. The van der Waals surface area contributed by atoms with Crippen LogP contribution in [0.2, 0.25) is 0 Å². The minimum atomic E-state index is 0.718. The molecule has 0 spiro atoms. The van der Waals surface area contributed by atoms with Crippen LogP contribution in [0.1, 0.15) is 84.0 Å². The highest BCUT2D eigenvalue weighted by Crippen LogP contribution is 2.61. The van der Waals surface area contributed by atoms with Gasteiger partial charge in [0, 0.05) is 5.33 Å². The molecule has 0 radical (unpaired) electrons. The number of alkyl halides is 1. The van der Waals surface area contributed by atoms with Crippen molar-refractivity contribution in [3.05, 3.63) is 0 Å². The van der Waals surface area contributed by atoms with Crippen molar-refractivity contribution >= 4 is 15.9 Å². The first-order valence-corrected chi connectivity index (χ1v) is 9.48. The lowest BCUT2D eigenvalue weighted by Gasteiger charge is -2.28. The van der Waals surface area contributed by atoms with Gasteiger partial charge in [-0.15, -0.1) is 0 Å². The fourth-order valence-corrected chi connectivity index (χ4v) is 4.76. The second-order valence-corrected chi connectivity index (χ2v) is 7.58. The van der Waals surface area contributed by atoms with Crippen LogP contribution in [0.15, 0.2) is 0 Å². The van der Waals surface area contributed by atoms with Crippen LogP contribution in [0.25, 0.3) is 0 Å². The Kier molecular flexibility index (Phi) is 6.04. The Bertz CT molecular complexity index is 226. The number of unbranched alkanes of at least 4 members (excludes halogenated alkanes) is 7. The number of hydrogen-bond acceptors (Lipinski definition) is 0. The molecule has 0 aromatic carbocycles. The number of halogens is 1. The van der Waals surface area contributed by atoms with Crippen LogP contribution in [-0.4, -0.2) is 5.33 Å². The van der Waals surface area contributed by atoms with E-state index in [0.29, 0.717) is 0 Å². The van der Waals surface area contributed by atoms with Crippen LogP contribution in [0.3, 0.4) is 0 Å². The summed E-state index contributed by atoms with van der Waals surface area (Å²) in [6.07, 6.45) is 17.8. The van der Waals surface area contributed by atoms with Crippen LogP contribution in [0, 0.1) is 17.3 Å². The van der Waals surface area contributed by atoms with E-state index in [1.54, 1.807) is 19.3 Å². The van der Waals surface area contributed by atoms with Crippen molar-refractivity contribution in [1.82, 2.24) is 0 Å². The number of rotatable bonds is 10. The Hall–Kier alpha value is 0.480. The lowest BCUT2D eigenvalue weighted by atomic mass is 9.80. The zero-order valence-corrected chi connectivity index (χ0v) is 13.8. The largest absolute Gasteiger partial charge is 0.0922 e. The smallest absolute Gasteiger partial charge is 0.00881 e. The molecule has 2 fully saturated rings. The quantitative estimate of drug-likeness (QED) is 0.326. The van der Waals surface area contributed by atoms with Gasteiger partial charge >= 0.3 is 0 Å². The van der Waals surface area contributed by atoms with E-state index >= 15 is 0 Å². The Morgan fingerprint density at radius 2 is 1.44 bits per heavy atom. The molecule has 2 atom stereocenters. The molecular weight excluding hydrogens is 284 g/mol. The van der Waals surface area contributed by atoms with Crippen LogP contribution in [0.4, 0.5) is 0 Å². The molecule has 18 heavy (non-hydrogen) atoms. The Labute approximate surface area is 122 Å². The van der Waals surface area contributed by atoms with Gasteiger partial charge in [0.15, 0.2) is 0 Å². The molecule has 2 aliphatic carbocycles. The van der Waals surface area contributed by atoms with Gasteiger partial charge < -0.3 is 0 Å². The topological polar surface area (TPSA) is 0 Å². The summed E-state index contributed by atoms with van der Waals surface area (Å²) in [5.74, 6) is 2.27. The normalized spacial score (nSPS) is 33.7. The molecule has 0 nitrogen and oxygen atoms in total. The summed E-state index contributed by atoms with van der Waals surface area (Å²) in [5, 5.41) is 1.27. The second kappa shape index (κ2) is 7.31. The van der Waals surface area contributed by atoms with Crippen LogP contribution in [0.5, 0.6) is 0 Å². The van der Waals surface area contributed by atoms with Crippen molar-refractivity contribution in [2.75, 3.05) is 5.33 Å². The van der Waals surface area contributed by atoms with Gasteiger partial charge in [-0.2, -0.15) is 0 Å². The first kappa shape index (κ1) is 14.9. The van der Waals surface area contributed by atoms with Gasteiger partial charge in [-0.25, -0.2) is 0 Å². The third-order valence-electron chi connectivity index (χ3n) is 5.30. The molecule has 0 heterocycles. The molecule has 0 N–H and O–H groups in total. The highest BCUT2D eigenvalue weighted by atomic mass is 79.9. The Morgan fingerprint density at radius 1 is 0.889 bits per heavy atom. The molecule has 0 amide bonds. The molecule has 106 valence electrons. The average Bonchev–Trinajstić information content (AvgIpc) is 3.01. The van der Waals surface area contributed by atoms with E-state index in [0.717, 1.165) is 17.3 Å².